The second kappa shape index (κ2) is 9.04. The van der Waals surface area contributed by atoms with Crippen LogP contribution < -0.4 is 0 Å². The highest BCUT2D eigenvalue weighted by Gasteiger charge is 2.27. The molecule has 1 fully saturated rings. The number of furan rings is 1. The average molecular weight is 412 g/mol. The van der Waals surface area contributed by atoms with Crippen LogP contribution in [0.4, 0.5) is 0 Å². The molecule has 6 nitrogen and oxygen atoms in total. The minimum Gasteiger partial charge on any atom is -0.455 e. The van der Waals surface area contributed by atoms with Crippen LogP contribution in [0.3, 0.4) is 0 Å². The van der Waals surface area contributed by atoms with Crippen molar-refractivity contribution < 1.29 is 14.0 Å². The number of piperazine rings is 1. The van der Waals surface area contributed by atoms with Crippen LogP contribution in [0.25, 0.3) is 0 Å². The lowest BCUT2D eigenvalue weighted by Crippen LogP contribution is -2.50. The number of hydrogen-bond donors (Lipinski definition) is 0. The van der Waals surface area contributed by atoms with E-state index in [0.717, 1.165) is 12.3 Å². The molecule has 0 saturated carbocycles. The standard InChI is InChI=1S/C24H33N3O3/c1-18-8-6-7-9-20(18)16-27(24(3,4)5)17-21-10-11-22(30-21)23(29)26-14-12-25(13-15-26)19(2)28/h6-11H,12-17H2,1-5H3. The summed E-state index contributed by atoms with van der Waals surface area (Å²) in [6.45, 7) is 13.9. The highest BCUT2D eigenvalue weighted by Crippen LogP contribution is 2.23. The number of aryl methyl sites for hydroxylation is 1. The summed E-state index contributed by atoms with van der Waals surface area (Å²) >= 11 is 0. The van der Waals surface area contributed by atoms with Gasteiger partial charge in [0.05, 0.1) is 6.54 Å². The topological polar surface area (TPSA) is 57.0 Å². The van der Waals surface area contributed by atoms with E-state index in [1.165, 1.54) is 11.1 Å². The van der Waals surface area contributed by atoms with Crippen molar-refractivity contribution in [3.63, 3.8) is 0 Å². The number of carbonyl (C=O) groups excluding carboxylic acids is 2. The molecule has 30 heavy (non-hydrogen) atoms. The van der Waals surface area contributed by atoms with Crippen molar-refractivity contribution >= 4 is 11.8 Å². The Bertz CT molecular complexity index is 889. The molecule has 162 valence electrons. The van der Waals surface area contributed by atoms with Crippen LogP contribution in [0.5, 0.6) is 0 Å². The second-order valence-electron chi connectivity index (χ2n) is 9.02. The molecule has 1 saturated heterocycles. The van der Waals surface area contributed by atoms with Crippen LogP contribution >= 0.6 is 0 Å². The zero-order valence-electron chi connectivity index (χ0n) is 18.8. The van der Waals surface area contributed by atoms with Crippen molar-refractivity contribution in [2.24, 2.45) is 0 Å². The first-order valence-electron chi connectivity index (χ1n) is 10.6. The third-order valence-electron chi connectivity index (χ3n) is 5.80. The summed E-state index contributed by atoms with van der Waals surface area (Å²) in [5.74, 6) is 1.10. The lowest BCUT2D eigenvalue weighted by molar-refractivity contribution is -0.130. The maximum Gasteiger partial charge on any atom is 0.289 e. The summed E-state index contributed by atoms with van der Waals surface area (Å²) in [6, 6.07) is 12.1. The van der Waals surface area contributed by atoms with Crippen LogP contribution in [0, 0.1) is 6.92 Å². The van der Waals surface area contributed by atoms with Gasteiger partial charge in [-0.3, -0.25) is 14.5 Å². The summed E-state index contributed by atoms with van der Waals surface area (Å²) in [5, 5.41) is 0. The van der Waals surface area contributed by atoms with Gasteiger partial charge < -0.3 is 14.2 Å². The van der Waals surface area contributed by atoms with Gasteiger partial charge in [0, 0.05) is 45.2 Å². The van der Waals surface area contributed by atoms with Gasteiger partial charge in [-0.25, -0.2) is 0 Å². The van der Waals surface area contributed by atoms with Crippen LogP contribution in [0.1, 0.15) is 55.1 Å². The van der Waals surface area contributed by atoms with Gasteiger partial charge >= 0.3 is 0 Å². The van der Waals surface area contributed by atoms with Crippen LogP contribution in [-0.2, 0) is 17.9 Å². The molecular formula is C24H33N3O3. The average Bonchev–Trinajstić information content (AvgIpc) is 3.16. The summed E-state index contributed by atoms with van der Waals surface area (Å²) in [6.07, 6.45) is 0. The smallest absolute Gasteiger partial charge is 0.289 e. The predicted molar refractivity (Wildman–Crippen MR) is 117 cm³/mol. The van der Waals surface area contributed by atoms with Crippen molar-refractivity contribution in [2.45, 2.75) is 53.2 Å². The van der Waals surface area contributed by atoms with Gasteiger partial charge in [0.1, 0.15) is 5.76 Å². The van der Waals surface area contributed by atoms with Crippen molar-refractivity contribution in [3.05, 3.63) is 59.0 Å². The Morgan fingerprint density at radius 2 is 1.60 bits per heavy atom. The van der Waals surface area contributed by atoms with Gasteiger partial charge in [0.15, 0.2) is 5.76 Å². The van der Waals surface area contributed by atoms with Gasteiger partial charge in [-0.1, -0.05) is 24.3 Å². The normalized spacial score (nSPS) is 15.0. The van der Waals surface area contributed by atoms with E-state index in [1.807, 2.05) is 6.07 Å². The highest BCUT2D eigenvalue weighted by molar-refractivity contribution is 5.91. The van der Waals surface area contributed by atoms with Crippen molar-refractivity contribution in [3.8, 4) is 0 Å². The molecule has 0 bridgehead atoms. The molecule has 2 aromatic rings. The fourth-order valence-corrected chi connectivity index (χ4v) is 3.67. The van der Waals surface area contributed by atoms with Crippen molar-refractivity contribution in [1.29, 1.82) is 0 Å². The molecule has 0 aliphatic carbocycles. The molecular weight excluding hydrogens is 378 g/mol. The summed E-state index contributed by atoms with van der Waals surface area (Å²) in [4.78, 5) is 30.2. The van der Waals surface area contributed by atoms with E-state index in [-0.39, 0.29) is 17.4 Å². The predicted octanol–water partition coefficient (Wildman–Crippen LogP) is 3.69. The molecule has 0 unspecified atom stereocenters. The lowest BCUT2D eigenvalue weighted by atomic mass is 10.0. The molecule has 2 amide bonds. The summed E-state index contributed by atoms with van der Waals surface area (Å²) in [5.41, 5.74) is 2.51. The molecule has 1 aromatic carbocycles. The first kappa shape index (κ1) is 22.1. The fraction of sp³-hybridized carbons (Fsp3) is 0.500. The molecule has 1 aliphatic rings. The van der Waals surface area contributed by atoms with Gasteiger partial charge in [0.25, 0.3) is 5.91 Å². The Morgan fingerprint density at radius 3 is 2.20 bits per heavy atom. The Labute approximate surface area is 179 Å². The van der Waals surface area contributed by atoms with E-state index >= 15 is 0 Å². The Balaban J connectivity index is 1.67. The third kappa shape index (κ3) is 5.30. The van der Waals surface area contributed by atoms with Gasteiger partial charge in [0.2, 0.25) is 5.91 Å². The first-order chi connectivity index (χ1) is 14.1. The van der Waals surface area contributed by atoms with E-state index in [9.17, 15) is 9.59 Å². The first-order valence-corrected chi connectivity index (χ1v) is 10.6. The number of rotatable bonds is 5. The molecule has 0 atom stereocenters. The van der Waals surface area contributed by atoms with E-state index < -0.39 is 0 Å². The largest absolute Gasteiger partial charge is 0.455 e. The quantitative estimate of drug-likeness (QED) is 0.753. The number of benzene rings is 1. The van der Waals surface area contributed by atoms with Gasteiger partial charge in [-0.15, -0.1) is 0 Å². The maximum atomic E-state index is 12.8. The van der Waals surface area contributed by atoms with Gasteiger partial charge in [-0.2, -0.15) is 0 Å². The molecule has 1 aliphatic heterocycles. The Hall–Kier alpha value is -2.60. The minimum atomic E-state index is -0.106. The fourth-order valence-electron chi connectivity index (χ4n) is 3.67. The molecule has 1 aromatic heterocycles. The van der Waals surface area contributed by atoms with E-state index in [4.69, 9.17) is 4.42 Å². The number of nitrogens with zero attached hydrogens (tertiary/aromatic N) is 3. The number of carbonyl (C=O) groups is 2. The van der Waals surface area contributed by atoms with Gasteiger partial charge in [-0.05, 0) is 51.0 Å². The zero-order chi connectivity index (χ0) is 21.9. The second-order valence-corrected chi connectivity index (χ2v) is 9.02. The van der Waals surface area contributed by atoms with Crippen molar-refractivity contribution in [2.75, 3.05) is 26.2 Å². The minimum absolute atomic E-state index is 0.0533. The van der Waals surface area contributed by atoms with E-state index in [1.54, 1.807) is 22.8 Å². The molecule has 2 heterocycles. The van der Waals surface area contributed by atoms with Crippen LogP contribution in [-0.4, -0.2) is 58.2 Å². The number of hydrogen-bond acceptors (Lipinski definition) is 4. The summed E-state index contributed by atoms with van der Waals surface area (Å²) in [7, 11) is 0. The molecule has 0 spiro atoms. The molecule has 0 N–H and O–H groups in total. The Kier molecular flexibility index (Phi) is 6.66. The number of amides is 2. The molecule has 0 radical (unpaired) electrons. The Morgan fingerprint density at radius 1 is 0.967 bits per heavy atom. The highest BCUT2D eigenvalue weighted by atomic mass is 16.4. The SMILES string of the molecule is CC(=O)N1CCN(C(=O)c2ccc(CN(Cc3ccccc3C)C(C)(C)C)o2)CC1. The zero-order valence-corrected chi connectivity index (χ0v) is 18.8. The lowest BCUT2D eigenvalue weighted by Gasteiger charge is -2.35. The third-order valence-corrected chi connectivity index (χ3v) is 5.80. The van der Waals surface area contributed by atoms with E-state index in [2.05, 4.69) is 56.9 Å². The molecule has 6 heteroatoms. The van der Waals surface area contributed by atoms with Crippen LogP contribution in [0.2, 0.25) is 0 Å². The molecule has 3 rings (SSSR count). The summed E-state index contributed by atoms with van der Waals surface area (Å²) < 4.78 is 5.95. The maximum absolute atomic E-state index is 12.8. The van der Waals surface area contributed by atoms with E-state index in [0.29, 0.717) is 38.5 Å². The monoisotopic (exact) mass is 411 g/mol. The van der Waals surface area contributed by atoms with Crippen LogP contribution in [0.15, 0.2) is 40.8 Å². The van der Waals surface area contributed by atoms with Crippen molar-refractivity contribution in [1.82, 2.24) is 14.7 Å².